The highest BCUT2D eigenvalue weighted by Gasteiger charge is 2.34. The van der Waals surface area contributed by atoms with Crippen molar-refractivity contribution in [3.05, 3.63) is 186 Å². The van der Waals surface area contributed by atoms with Crippen molar-refractivity contribution in [1.29, 1.82) is 0 Å². The second-order valence-electron chi connectivity index (χ2n) is 14.6. The van der Waals surface area contributed by atoms with Crippen LogP contribution in [0.4, 0.5) is 0 Å². The summed E-state index contributed by atoms with van der Waals surface area (Å²) in [4.78, 5) is 27.8. The van der Waals surface area contributed by atoms with Gasteiger partial charge in [-0.1, -0.05) is 152 Å². The van der Waals surface area contributed by atoms with E-state index in [1.165, 1.54) is 76.1 Å². The zero-order valence-corrected chi connectivity index (χ0v) is 29.0. The summed E-state index contributed by atoms with van der Waals surface area (Å²) < 4.78 is 0. The molecular weight excluding hydrogens is 657 g/mol. The van der Waals surface area contributed by atoms with E-state index in [0.717, 1.165) is 27.1 Å². The van der Waals surface area contributed by atoms with Gasteiger partial charge in [-0.3, -0.25) is 9.59 Å². The molecule has 0 aliphatic heterocycles. The van der Waals surface area contributed by atoms with Gasteiger partial charge in [-0.25, -0.2) is 0 Å². The van der Waals surface area contributed by atoms with Crippen LogP contribution in [-0.2, 0) is 0 Å². The van der Waals surface area contributed by atoms with Gasteiger partial charge in [-0.15, -0.1) is 0 Å². The molecule has 1 aliphatic carbocycles. The molecule has 2 heteroatoms. The van der Waals surface area contributed by atoms with Gasteiger partial charge in [-0.2, -0.15) is 0 Å². The Labute approximate surface area is 309 Å². The van der Waals surface area contributed by atoms with Gasteiger partial charge in [0.05, 0.1) is 5.57 Å². The summed E-state index contributed by atoms with van der Waals surface area (Å²) >= 11 is 0. The van der Waals surface area contributed by atoms with Gasteiger partial charge < -0.3 is 0 Å². The van der Waals surface area contributed by atoms with Crippen LogP contribution in [0.5, 0.6) is 0 Å². The molecule has 0 spiro atoms. The molecule has 0 unspecified atom stereocenters. The van der Waals surface area contributed by atoms with Crippen molar-refractivity contribution in [3.8, 4) is 22.3 Å². The van der Waals surface area contributed by atoms with Crippen molar-refractivity contribution in [3.63, 3.8) is 0 Å². The van der Waals surface area contributed by atoms with E-state index < -0.39 is 0 Å². The molecule has 11 aromatic carbocycles. The Morgan fingerprint density at radius 1 is 0.333 bits per heavy atom. The Morgan fingerprint density at radius 2 is 0.759 bits per heavy atom. The van der Waals surface area contributed by atoms with Gasteiger partial charge in [0, 0.05) is 11.1 Å². The summed E-state index contributed by atoms with van der Waals surface area (Å²) in [6.45, 7) is 0. The van der Waals surface area contributed by atoms with Crippen LogP contribution < -0.4 is 0 Å². The Hall–Kier alpha value is -7.16. The average molecular weight is 685 g/mol. The Balaban J connectivity index is 1.23. The average Bonchev–Trinajstić information content (AvgIpc) is 3.81. The molecule has 0 heterocycles. The first-order valence-electron chi connectivity index (χ1n) is 18.4. The summed E-state index contributed by atoms with van der Waals surface area (Å²) in [5.74, 6) is -0.427. The van der Waals surface area contributed by atoms with E-state index in [2.05, 4.69) is 127 Å². The number of hydrogen-bond acceptors (Lipinski definition) is 2. The first-order valence-corrected chi connectivity index (χ1v) is 18.4. The highest BCUT2D eigenvalue weighted by atomic mass is 16.2. The Bertz CT molecular complexity index is 3260. The predicted molar refractivity (Wildman–Crippen MR) is 225 cm³/mol. The van der Waals surface area contributed by atoms with E-state index >= 15 is 0 Å². The fraction of sp³-hybridized carbons (Fsp3) is 0. The van der Waals surface area contributed by atoms with Crippen molar-refractivity contribution >= 4 is 93.0 Å². The second-order valence-corrected chi connectivity index (χ2v) is 14.6. The third kappa shape index (κ3) is 3.79. The number of allylic oxidation sites excluding steroid dienone is 1. The van der Waals surface area contributed by atoms with Crippen LogP contribution in [0.3, 0.4) is 0 Å². The number of carbonyl (C=O) groups is 2. The molecule has 2 nitrogen and oxygen atoms in total. The number of benzene rings is 9. The largest absolute Gasteiger partial charge is 0.288 e. The van der Waals surface area contributed by atoms with Crippen molar-refractivity contribution < 1.29 is 9.59 Å². The van der Waals surface area contributed by atoms with Crippen LogP contribution in [-0.4, -0.2) is 11.6 Å². The van der Waals surface area contributed by atoms with Gasteiger partial charge in [0.15, 0.2) is 11.6 Å². The van der Waals surface area contributed by atoms with Crippen LogP contribution in [0.25, 0.3) is 104 Å². The molecule has 0 saturated heterocycles. The highest BCUT2D eigenvalue weighted by molar-refractivity contribution is 6.47. The third-order valence-electron chi connectivity index (χ3n) is 11.8. The van der Waals surface area contributed by atoms with E-state index in [0.29, 0.717) is 11.1 Å². The van der Waals surface area contributed by atoms with E-state index in [-0.39, 0.29) is 17.1 Å². The summed E-state index contributed by atoms with van der Waals surface area (Å²) in [7, 11) is 0. The molecule has 0 bridgehead atoms. The lowest BCUT2D eigenvalue weighted by molar-refractivity contribution is 0.0990. The maximum absolute atomic E-state index is 13.9. The molecule has 0 amide bonds. The molecule has 0 atom stereocenters. The van der Waals surface area contributed by atoms with Gasteiger partial charge in [-0.05, 0) is 121 Å². The number of Topliss-reactive ketones (excluding diaryl/α,β-unsaturated/α-hetero) is 2. The summed E-state index contributed by atoms with van der Waals surface area (Å²) in [5, 5.41) is 16.5. The van der Waals surface area contributed by atoms with Crippen LogP contribution in [0.2, 0.25) is 0 Å². The molecule has 0 fully saturated rings. The van der Waals surface area contributed by atoms with Gasteiger partial charge in [0.25, 0.3) is 0 Å². The quantitative estimate of drug-likeness (QED) is 0.137. The zero-order valence-electron chi connectivity index (χ0n) is 29.0. The van der Waals surface area contributed by atoms with Crippen LogP contribution >= 0.6 is 0 Å². The zero-order chi connectivity index (χ0) is 35.7. The van der Waals surface area contributed by atoms with Crippen LogP contribution in [0.1, 0.15) is 26.3 Å². The van der Waals surface area contributed by atoms with E-state index in [1.54, 1.807) is 0 Å². The fourth-order valence-electron chi connectivity index (χ4n) is 9.64. The van der Waals surface area contributed by atoms with E-state index in [1.807, 2.05) is 42.5 Å². The molecule has 248 valence electrons. The monoisotopic (exact) mass is 684 g/mol. The van der Waals surface area contributed by atoms with Gasteiger partial charge >= 0.3 is 0 Å². The fourth-order valence-corrected chi connectivity index (χ4v) is 9.64. The molecule has 0 N–H and O–H groups in total. The minimum Gasteiger partial charge on any atom is -0.288 e. The highest BCUT2D eigenvalue weighted by Crippen LogP contribution is 2.55. The molecular formula is C52H28O2. The van der Waals surface area contributed by atoms with E-state index in [9.17, 15) is 9.59 Å². The molecule has 11 aromatic rings. The molecule has 1 aliphatic rings. The number of ketones is 2. The van der Waals surface area contributed by atoms with Crippen molar-refractivity contribution in [1.82, 2.24) is 0 Å². The second kappa shape index (κ2) is 10.7. The van der Waals surface area contributed by atoms with Gasteiger partial charge in [0.1, 0.15) is 0 Å². The SMILES string of the molecule is O=C1C(=Cc2ccc3c4c(-c5ccccc5)c5c6cccc7cccc(c5c(-c5ccccc5)c4c4cccc2c43)c76)C(=O)c2cc3ccccc3cc21. The Kier molecular flexibility index (Phi) is 5.83. The molecule has 0 radical (unpaired) electrons. The predicted octanol–water partition coefficient (Wildman–Crippen LogP) is 13.4. The van der Waals surface area contributed by atoms with Crippen molar-refractivity contribution in [2.75, 3.05) is 0 Å². The first-order chi connectivity index (χ1) is 26.7. The lowest BCUT2D eigenvalue weighted by Crippen LogP contribution is -2.00. The van der Waals surface area contributed by atoms with Crippen LogP contribution in [0, 0.1) is 0 Å². The van der Waals surface area contributed by atoms with Crippen molar-refractivity contribution in [2.24, 2.45) is 0 Å². The Morgan fingerprint density at radius 3 is 1.30 bits per heavy atom. The molecule has 12 rings (SSSR count). The summed E-state index contributed by atoms with van der Waals surface area (Å²) in [6, 6.07) is 57.4. The maximum atomic E-state index is 13.9. The lowest BCUT2D eigenvalue weighted by atomic mass is 9.87. The lowest BCUT2D eigenvalue weighted by Gasteiger charge is -2.15. The number of carbonyl (C=O) groups excluding carboxylic acids is 2. The molecule has 54 heavy (non-hydrogen) atoms. The van der Waals surface area contributed by atoms with Gasteiger partial charge in [0.2, 0.25) is 0 Å². The minimum absolute atomic E-state index is 0.214. The first kappa shape index (κ1) is 29.4. The van der Waals surface area contributed by atoms with Crippen LogP contribution in [0.15, 0.2) is 169 Å². The summed E-state index contributed by atoms with van der Waals surface area (Å²) in [6.07, 6.45) is 1.83. The molecule has 0 saturated carbocycles. The summed E-state index contributed by atoms with van der Waals surface area (Å²) in [5.41, 5.74) is 6.86. The van der Waals surface area contributed by atoms with E-state index in [4.69, 9.17) is 0 Å². The number of hydrogen-bond donors (Lipinski definition) is 0. The van der Waals surface area contributed by atoms with Crippen molar-refractivity contribution in [2.45, 2.75) is 0 Å². The number of rotatable bonds is 3. The standard InChI is InChI=1S/C52H28O2/c53-51-40-26-32-16-7-8-17-33(32)27-41(40)52(54)42(51)28-34-24-25-39-46-35(34)20-11-23-38(46)49-44(30-12-3-1-4-13-30)47-36-21-9-18-29-19-10-22-37(43(29)36)48(47)45(50(39)49)31-14-5-2-6-15-31/h1-28H. The normalized spacial score (nSPS) is 13.2. The smallest absolute Gasteiger partial charge is 0.197 e. The number of fused-ring (bicyclic) bond motifs is 8. The molecule has 0 aromatic heterocycles. The maximum Gasteiger partial charge on any atom is 0.197 e. The topological polar surface area (TPSA) is 34.1 Å². The third-order valence-corrected chi connectivity index (χ3v) is 11.8. The minimum atomic E-state index is -0.214.